The van der Waals surface area contributed by atoms with Crippen molar-refractivity contribution in [2.75, 3.05) is 0 Å². The second kappa shape index (κ2) is 11.9. The zero-order valence-electron chi connectivity index (χ0n) is 15.9. The third-order valence-electron chi connectivity index (χ3n) is 4.68. The molecule has 0 amide bonds. The molecule has 0 saturated heterocycles. The van der Waals surface area contributed by atoms with Crippen LogP contribution >= 0.6 is 0 Å². The first-order valence-corrected chi connectivity index (χ1v) is 12.7. The summed E-state index contributed by atoms with van der Waals surface area (Å²) in [6, 6.07) is 10.8. The lowest BCUT2D eigenvalue weighted by atomic mass is 10.1. The van der Waals surface area contributed by atoms with Crippen molar-refractivity contribution in [2.24, 2.45) is 0 Å². The molecule has 0 aliphatic rings. The van der Waals surface area contributed by atoms with E-state index in [9.17, 15) is 0 Å². The fraction of sp³-hybridized carbons (Fsp3) is 0.714. The summed E-state index contributed by atoms with van der Waals surface area (Å²) >= 11 is 0. The topological polar surface area (TPSA) is 9.23 Å². The van der Waals surface area contributed by atoms with E-state index >= 15 is 0 Å². The molecular weight excluding hydrogens is 296 g/mol. The Morgan fingerprint density at radius 3 is 1.91 bits per heavy atom. The fourth-order valence-electron chi connectivity index (χ4n) is 3.21. The highest BCUT2D eigenvalue weighted by molar-refractivity contribution is 6.84. The van der Waals surface area contributed by atoms with Crippen LogP contribution in [0.2, 0.25) is 13.1 Å². The Hall–Kier alpha value is -0.603. The molecule has 2 heteroatoms. The second-order valence-corrected chi connectivity index (χ2v) is 11.3. The van der Waals surface area contributed by atoms with Crippen LogP contribution in [-0.2, 0) is 4.43 Å². The third kappa shape index (κ3) is 9.32. The van der Waals surface area contributed by atoms with E-state index in [1.807, 2.05) is 0 Å². The summed E-state index contributed by atoms with van der Waals surface area (Å²) in [5.74, 6) is 0. The fourth-order valence-corrected chi connectivity index (χ4v) is 5.47. The smallest absolute Gasteiger partial charge is 0.218 e. The first kappa shape index (κ1) is 20.4. The summed E-state index contributed by atoms with van der Waals surface area (Å²) < 4.78 is 6.43. The summed E-state index contributed by atoms with van der Waals surface area (Å²) in [5.41, 5.74) is 0. The van der Waals surface area contributed by atoms with Crippen molar-refractivity contribution in [3.8, 4) is 0 Å². The third-order valence-corrected chi connectivity index (χ3v) is 7.39. The number of rotatable bonds is 13. The molecule has 1 aromatic rings. The van der Waals surface area contributed by atoms with Gasteiger partial charge in [0.05, 0.1) is 0 Å². The van der Waals surface area contributed by atoms with Crippen molar-refractivity contribution in [2.45, 2.75) is 97.3 Å². The zero-order chi connectivity index (χ0) is 17.0. The average Bonchev–Trinajstić information content (AvgIpc) is 2.54. The molecule has 0 spiro atoms. The van der Waals surface area contributed by atoms with Crippen LogP contribution in [0.4, 0.5) is 0 Å². The van der Waals surface area contributed by atoms with Crippen molar-refractivity contribution in [1.82, 2.24) is 0 Å². The van der Waals surface area contributed by atoms with Crippen molar-refractivity contribution in [1.29, 1.82) is 0 Å². The number of benzene rings is 1. The van der Waals surface area contributed by atoms with E-state index in [4.69, 9.17) is 4.43 Å². The molecule has 1 nitrogen and oxygen atoms in total. The average molecular weight is 335 g/mol. The minimum absolute atomic E-state index is 0.390. The number of hydrogen-bond donors (Lipinski definition) is 0. The molecule has 0 saturated carbocycles. The van der Waals surface area contributed by atoms with Gasteiger partial charge in [-0.05, 0) is 31.6 Å². The second-order valence-electron chi connectivity index (χ2n) is 7.42. The Bertz CT molecular complexity index is 388. The van der Waals surface area contributed by atoms with Crippen molar-refractivity contribution < 1.29 is 4.43 Å². The number of hydrogen-bond acceptors (Lipinski definition) is 1. The Balaban J connectivity index is 2.09. The van der Waals surface area contributed by atoms with E-state index in [0.29, 0.717) is 6.10 Å². The van der Waals surface area contributed by atoms with E-state index in [1.54, 1.807) is 0 Å². The van der Waals surface area contributed by atoms with Gasteiger partial charge in [-0.25, -0.2) is 0 Å². The molecule has 1 rings (SSSR count). The van der Waals surface area contributed by atoms with E-state index in [0.717, 1.165) is 0 Å². The van der Waals surface area contributed by atoms with Crippen LogP contribution in [0.3, 0.4) is 0 Å². The molecule has 1 atom stereocenters. The standard InChI is InChI=1S/C21H38OSi/c1-5-6-7-8-9-10-11-12-14-17-20(2)22-23(3,4)21-18-15-13-16-19-21/h13,15-16,18-20H,5-12,14,17H2,1-4H3. The summed E-state index contributed by atoms with van der Waals surface area (Å²) in [7, 11) is -1.74. The van der Waals surface area contributed by atoms with E-state index in [1.165, 1.54) is 69.4 Å². The maximum absolute atomic E-state index is 6.43. The highest BCUT2D eigenvalue weighted by atomic mass is 28.4. The lowest BCUT2D eigenvalue weighted by molar-refractivity contribution is 0.202. The quantitative estimate of drug-likeness (QED) is 0.298. The molecule has 0 aliphatic carbocycles. The summed E-state index contributed by atoms with van der Waals surface area (Å²) in [6.07, 6.45) is 14.2. The minimum Gasteiger partial charge on any atom is -0.410 e. The van der Waals surface area contributed by atoms with Crippen LogP contribution in [0.15, 0.2) is 30.3 Å². The molecule has 23 heavy (non-hydrogen) atoms. The predicted octanol–water partition coefficient (Wildman–Crippen LogP) is 6.42. The van der Waals surface area contributed by atoms with E-state index in [2.05, 4.69) is 57.3 Å². The highest BCUT2D eigenvalue weighted by Gasteiger charge is 2.27. The van der Waals surface area contributed by atoms with Gasteiger partial charge in [-0.1, -0.05) is 95.0 Å². The molecule has 0 heterocycles. The van der Waals surface area contributed by atoms with Gasteiger partial charge < -0.3 is 4.43 Å². The normalized spacial score (nSPS) is 13.2. The molecular formula is C21H38OSi. The Labute approximate surface area is 146 Å². The van der Waals surface area contributed by atoms with Gasteiger partial charge in [-0.3, -0.25) is 0 Å². The minimum atomic E-state index is -1.74. The monoisotopic (exact) mass is 334 g/mol. The Kier molecular flexibility index (Phi) is 10.5. The van der Waals surface area contributed by atoms with E-state index < -0.39 is 8.32 Å². The van der Waals surface area contributed by atoms with Gasteiger partial charge in [-0.2, -0.15) is 0 Å². The molecule has 0 aromatic heterocycles. The van der Waals surface area contributed by atoms with Crippen LogP contribution in [0.1, 0.15) is 78.1 Å². The first-order valence-electron chi connectivity index (χ1n) is 9.79. The SMILES string of the molecule is CCCCCCCCCCCC(C)O[Si](C)(C)c1ccccc1. The maximum Gasteiger partial charge on any atom is 0.218 e. The van der Waals surface area contributed by atoms with Crippen LogP contribution in [-0.4, -0.2) is 14.4 Å². The van der Waals surface area contributed by atoms with Gasteiger partial charge in [0.1, 0.15) is 0 Å². The van der Waals surface area contributed by atoms with Crippen LogP contribution < -0.4 is 5.19 Å². The summed E-state index contributed by atoms with van der Waals surface area (Å²) in [5, 5.41) is 1.40. The zero-order valence-corrected chi connectivity index (χ0v) is 16.9. The molecule has 0 radical (unpaired) electrons. The lowest BCUT2D eigenvalue weighted by Gasteiger charge is -2.28. The lowest BCUT2D eigenvalue weighted by Crippen LogP contribution is -2.46. The van der Waals surface area contributed by atoms with Crippen LogP contribution in [0.25, 0.3) is 0 Å². The van der Waals surface area contributed by atoms with Gasteiger partial charge in [0.2, 0.25) is 8.32 Å². The largest absolute Gasteiger partial charge is 0.410 e. The summed E-state index contributed by atoms with van der Waals surface area (Å²) in [6.45, 7) is 9.16. The molecule has 0 aliphatic heterocycles. The van der Waals surface area contributed by atoms with Gasteiger partial charge in [0.15, 0.2) is 0 Å². The highest BCUT2D eigenvalue weighted by Crippen LogP contribution is 2.15. The molecule has 0 N–H and O–H groups in total. The van der Waals surface area contributed by atoms with Gasteiger partial charge in [-0.15, -0.1) is 0 Å². The van der Waals surface area contributed by atoms with Crippen molar-refractivity contribution >= 4 is 13.5 Å². The molecule has 0 fully saturated rings. The van der Waals surface area contributed by atoms with Crippen LogP contribution in [0.5, 0.6) is 0 Å². The molecule has 1 unspecified atom stereocenters. The van der Waals surface area contributed by atoms with E-state index in [-0.39, 0.29) is 0 Å². The van der Waals surface area contributed by atoms with Gasteiger partial charge >= 0.3 is 0 Å². The predicted molar refractivity (Wildman–Crippen MR) is 106 cm³/mol. The van der Waals surface area contributed by atoms with Gasteiger partial charge in [0, 0.05) is 6.10 Å². The van der Waals surface area contributed by atoms with Crippen molar-refractivity contribution in [3.63, 3.8) is 0 Å². The Morgan fingerprint density at radius 1 is 0.826 bits per heavy atom. The van der Waals surface area contributed by atoms with Crippen molar-refractivity contribution in [3.05, 3.63) is 30.3 Å². The maximum atomic E-state index is 6.43. The van der Waals surface area contributed by atoms with Crippen LogP contribution in [0, 0.1) is 0 Å². The first-order chi connectivity index (χ1) is 11.1. The summed E-state index contributed by atoms with van der Waals surface area (Å²) in [4.78, 5) is 0. The number of unbranched alkanes of at least 4 members (excludes halogenated alkanes) is 8. The van der Waals surface area contributed by atoms with Gasteiger partial charge in [0.25, 0.3) is 0 Å². The molecule has 1 aromatic carbocycles. The Morgan fingerprint density at radius 2 is 1.35 bits per heavy atom. The molecule has 0 bridgehead atoms. The molecule has 132 valence electrons.